The normalized spacial score (nSPS) is 30.6. The number of nitrogens with one attached hydrogen (secondary N) is 2. The van der Waals surface area contributed by atoms with Crippen LogP contribution in [-0.4, -0.2) is 29.0 Å². The first kappa shape index (κ1) is 20.6. The van der Waals surface area contributed by atoms with E-state index < -0.39 is 22.8 Å². The molecule has 0 saturated heterocycles. The number of nitrogens with zero attached hydrogens (tertiary/aromatic N) is 2. The Morgan fingerprint density at radius 2 is 1.80 bits per heavy atom. The second-order valence-corrected chi connectivity index (χ2v) is 9.56. The van der Waals surface area contributed by atoms with Crippen LogP contribution in [0.25, 0.3) is 0 Å². The Morgan fingerprint density at radius 1 is 1.20 bits per heavy atom. The largest absolute Gasteiger partial charge is 0.433 e. The van der Waals surface area contributed by atoms with Crippen molar-refractivity contribution in [1.82, 2.24) is 10.7 Å². The first-order valence-corrected chi connectivity index (χ1v) is 10.6. The fourth-order valence-electron chi connectivity index (χ4n) is 5.96. The Labute approximate surface area is 174 Å². The number of furan rings is 1. The third-order valence-corrected chi connectivity index (χ3v) is 6.91. The average Bonchev–Trinajstić information content (AvgIpc) is 3.13. The summed E-state index contributed by atoms with van der Waals surface area (Å²) in [5.74, 6) is 1.18. The SMILES string of the molecule is CC(C)C(NC(=O)C12CC3CC(CC(C3)C1)C2)C(=O)N/N=C/c1ccc([N+](=O)[O-])o1. The fourth-order valence-corrected chi connectivity index (χ4v) is 5.96. The lowest BCUT2D eigenvalue weighted by atomic mass is 9.49. The van der Waals surface area contributed by atoms with Gasteiger partial charge in [0.15, 0.2) is 5.76 Å². The van der Waals surface area contributed by atoms with Crippen molar-refractivity contribution in [2.75, 3.05) is 0 Å². The zero-order valence-electron chi connectivity index (χ0n) is 17.3. The van der Waals surface area contributed by atoms with Crippen molar-refractivity contribution in [2.24, 2.45) is 34.2 Å². The van der Waals surface area contributed by atoms with Crippen molar-refractivity contribution in [2.45, 2.75) is 58.4 Å². The van der Waals surface area contributed by atoms with E-state index >= 15 is 0 Å². The number of nitro groups is 1. The maximum atomic E-state index is 13.3. The highest BCUT2D eigenvalue weighted by Gasteiger charge is 2.55. The molecule has 9 heteroatoms. The van der Waals surface area contributed by atoms with Crippen LogP contribution in [0.5, 0.6) is 0 Å². The van der Waals surface area contributed by atoms with Crippen LogP contribution in [0.15, 0.2) is 21.7 Å². The maximum absolute atomic E-state index is 13.3. The third-order valence-electron chi connectivity index (χ3n) is 6.91. The zero-order valence-corrected chi connectivity index (χ0v) is 17.3. The minimum absolute atomic E-state index is 0.00101. The Morgan fingerprint density at radius 3 is 2.30 bits per heavy atom. The van der Waals surface area contributed by atoms with Crippen molar-refractivity contribution < 1.29 is 18.9 Å². The number of rotatable bonds is 7. The summed E-state index contributed by atoms with van der Waals surface area (Å²) in [6.45, 7) is 3.76. The quantitative estimate of drug-likeness (QED) is 0.401. The Kier molecular flexibility index (Phi) is 5.38. The van der Waals surface area contributed by atoms with Crippen LogP contribution in [0.3, 0.4) is 0 Å². The molecule has 0 aromatic carbocycles. The molecule has 1 aromatic rings. The van der Waals surface area contributed by atoms with Gasteiger partial charge < -0.3 is 9.73 Å². The van der Waals surface area contributed by atoms with E-state index in [4.69, 9.17) is 4.42 Å². The molecule has 4 aliphatic carbocycles. The molecule has 0 radical (unpaired) electrons. The summed E-state index contributed by atoms with van der Waals surface area (Å²) in [7, 11) is 0. The van der Waals surface area contributed by atoms with E-state index in [1.807, 2.05) is 13.8 Å². The summed E-state index contributed by atoms with van der Waals surface area (Å²) in [6.07, 6.45) is 7.76. The summed E-state index contributed by atoms with van der Waals surface area (Å²) in [6, 6.07) is 1.91. The van der Waals surface area contributed by atoms with Gasteiger partial charge in [0, 0.05) is 5.41 Å². The standard InChI is InChI=1S/C21H28N4O5/c1-12(2)18(19(26)24-22-11-16-3-4-17(30-16)25(28)29)23-20(27)21-8-13-5-14(9-21)7-15(6-13)10-21/h3-4,11-15,18H,5-10H2,1-2H3,(H,23,27)(H,24,26)/b22-11+. The molecule has 4 bridgehead atoms. The first-order chi connectivity index (χ1) is 14.3. The molecule has 1 atom stereocenters. The van der Waals surface area contributed by atoms with Crippen LogP contribution in [0.1, 0.15) is 58.1 Å². The van der Waals surface area contributed by atoms with Crippen LogP contribution in [0.4, 0.5) is 5.88 Å². The minimum Gasteiger partial charge on any atom is -0.400 e. The smallest absolute Gasteiger partial charge is 0.400 e. The van der Waals surface area contributed by atoms with Gasteiger partial charge in [-0.25, -0.2) is 5.43 Å². The highest BCUT2D eigenvalue weighted by atomic mass is 16.6. The van der Waals surface area contributed by atoms with Crippen molar-refractivity contribution in [1.29, 1.82) is 0 Å². The van der Waals surface area contributed by atoms with E-state index in [2.05, 4.69) is 15.8 Å². The van der Waals surface area contributed by atoms with Gasteiger partial charge in [-0.3, -0.25) is 19.7 Å². The van der Waals surface area contributed by atoms with E-state index in [1.165, 1.54) is 37.6 Å². The Bertz CT molecular complexity index is 839. The number of carbonyl (C=O) groups excluding carboxylic acids is 2. The summed E-state index contributed by atoms with van der Waals surface area (Å²) >= 11 is 0. The molecule has 4 fully saturated rings. The monoisotopic (exact) mass is 416 g/mol. The molecule has 5 rings (SSSR count). The predicted octanol–water partition coefficient (Wildman–Crippen LogP) is 3.00. The van der Waals surface area contributed by atoms with Gasteiger partial charge in [0.05, 0.1) is 12.3 Å². The molecular weight excluding hydrogens is 388 g/mol. The lowest BCUT2D eigenvalue weighted by Crippen LogP contribution is -2.58. The molecule has 162 valence electrons. The summed E-state index contributed by atoms with van der Waals surface area (Å²) < 4.78 is 4.97. The molecule has 4 aliphatic rings. The number of hydrogen-bond acceptors (Lipinski definition) is 6. The summed E-state index contributed by atoms with van der Waals surface area (Å²) in [5, 5.41) is 17.5. The lowest BCUT2D eigenvalue weighted by Gasteiger charge is -2.55. The van der Waals surface area contributed by atoms with E-state index in [1.54, 1.807) is 0 Å². The third kappa shape index (κ3) is 3.97. The predicted molar refractivity (Wildman–Crippen MR) is 108 cm³/mol. The van der Waals surface area contributed by atoms with Crippen LogP contribution in [0.2, 0.25) is 0 Å². The van der Waals surface area contributed by atoms with Gasteiger partial charge in [0.1, 0.15) is 11.0 Å². The van der Waals surface area contributed by atoms with Gasteiger partial charge in [-0.1, -0.05) is 13.8 Å². The molecule has 1 aromatic heterocycles. The molecule has 9 nitrogen and oxygen atoms in total. The second-order valence-electron chi connectivity index (χ2n) is 9.56. The highest BCUT2D eigenvalue weighted by molar-refractivity contribution is 5.91. The van der Waals surface area contributed by atoms with Crippen LogP contribution >= 0.6 is 0 Å². The van der Waals surface area contributed by atoms with Gasteiger partial charge in [0.2, 0.25) is 5.91 Å². The number of carbonyl (C=O) groups is 2. The van der Waals surface area contributed by atoms with Crippen molar-refractivity contribution in [3.63, 3.8) is 0 Å². The van der Waals surface area contributed by atoms with Gasteiger partial charge in [-0.05, 0) is 68.3 Å². The van der Waals surface area contributed by atoms with Gasteiger partial charge in [-0.2, -0.15) is 5.10 Å². The topological polar surface area (TPSA) is 127 Å². The van der Waals surface area contributed by atoms with Gasteiger partial charge in [-0.15, -0.1) is 0 Å². The second kappa shape index (κ2) is 7.85. The van der Waals surface area contributed by atoms with E-state index in [0.717, 1.165) is 19.3 Å². The van der Waals surface area contributed by atoms with E-state index in [-0.39, 0.29) is 23.0 Å². The fraction of sp³-hybridized carbons (Fsp3) is 0.667. The van der Waals surface area contributed by atoms with Crippen molar-refractivity contribution in [3.05, 3.63) is 28.0 Å². The van der Waals surface area contributed by atoms with E-state index in [9.17, 15) is 19.7 Å². The molecule has 1 heterocycles. The molecule has 2 N–H and O–H groups in total. The summed E-state index contributed by atoms with van der Waals surface area (Å²) in [5.41, 5.74) is 2.10. The Balaban J connectivity index is 1.38. The summed E-state index contributed by atoms with van der Waals surface area (Å²) in [4.78, 5) is 35.9. The van der Waals surface area contributed by atoms with Gasteiger partial charge in [0.25, 0.3) is 5.91 Å². The van der Waals surface area contributed by atoms with Crippen LogP contribution < -0.4 is 10.7 Å². The van der Waals surface area contributed by atoms with Crippen LogP contribution in [-0.2, 0) is 9.59 Å². The number of hydrogen-bond donors (Lipinski definition) is 2. The molecule has 4 saturated carbocycles. The zero-order chi connectivity index (χ0) is 21.5. The lowest BCUT2D eigenvalue weighted by molar-refractivity contribution is -0.402. The number of amides is 2. The van der Waals surface area contributed by atoms with Crippen LogP contribution in [0, 0.1) is 39.2 Å². The average molecular weight is 416 g/mol. The van der Waals surface area contributed by atoms with Gasteiger partial charge >= 0.3 is 5.88 Å². The molecular formula is C21H28N4O5. The molecule has 30 heavy (non-hydrogen) atoms. The maximum Gasteiger partial charge on any atom is 0.433 e. The minimum atomic E-state index is -0.700. The first-order valence-electron chi connectivity index (χ1n) is 10.6. The molecule has 2 amide bonds. The molecule has 0 aliphatic heterocycles. The van der Waals surface area contributed by atoms with Crippen molar-refractivity contribution >= 4 is 23.9 Å². The number of hydrazone groups is 1. The highest BCUT2D eigenvalue weighted by Crippen LogP contribution is 2.60. The van der Waals surface area contributed by atoms with Crippen molar-refractivity contribution in [3.8, 4) is 0 Å². The molecule has 1 unspecified atom stereocenters. The molecule has 0 spiro atoms. The van der Waals surface area contributed by atoms with E-state index in [0.29, 0.717) is 17.8 Å². The Hall–Kier alpha value is -2.71.